The van der Waals surface area contributed by atoms with E-state index in [1.165, 1.54) is 21.5 Å². The molecule has 0 aliphatic heterocycles. The summed E-state index contributed by atoms with van der Waals surface area (Å²) in [4.78, 5) is 29.0. The highest BCUT2D eigenvalue weighted by atomic mass is 32.1. The molecule has 0 unspecified atom stereocenters. The van der Waals surface area contributed by atoms with Gasteiger partial charge in [-0.3, -0.25) is 9.32 Å². The Labute approximate surface area is 170 Å². The molecule has 4 aromatic rings. The highest BCUT2D eigenvalue weighted by Crippen LogP contribution is 2.25. The Hall–Kier alpha value is -3.52. The maximum absolute atomic E-state index is 12.5. The van der Waals surface area contributed by atoms with Crippen LogP contribution in [0.5, 0.6) is 0 Å². The van der Waals surface area contributed by atoms with Crippen LogP contribution in [0.3, 0.4) is 0 Å². The van der Waals surface area contributed by atoms with E-state index in [9.17, 15) is 9.59 Å². The molecule has 4 rings (SSSR count). The molecule has 2 aromatic carbocycles. The molecule has 0 atom stereocenters. The molecule has 0 saturated heterocycles. The Balaban J connectivity index is 1.52. The van der Waals surface area contributed by atoms with Crippen LogP contribution >= 0.6 is 11.3 Å². The first-order valence-electron chi connectivity index (χ1n) is 8.96. The monoisotopic (exact) mass is 406 g/mol. The average Bonchev–Trinajstić information content (AvgIpc) is 3.30. The highest BCUT2D eigenvalue weighted by molar-refractivity contribution is 7.14. The van der Waals surface area contributed by atoms with E-state index >= 15 is 0 Å². The number of hydrogen-bond donors (Lipinski definition) is 1. The minimum Gasteiger partial charge on any atom is -0.300 e. The standard InChI is InChI=1S/C21H18N4O3S/c1-13-7-9-15(10-8-13)17-12-29-20(22-17)23-18(26)11-25-19(24-28-21(25)27)16-6-4-3-5-14(16)2/h3-10,12H,11H2,1-2H3,(H,22,23,26). The molecular weight excluding hydrogens is 388 g/mol. The van der Waals surface area contributed by atoms with E-state index in [1.54, 1.807) is 0 Å². The van der Waals surface area contributed by atoms with Crippen molar-refractivity contribution in [3.8, 4) is 22.6 Å². The van der Waals surface area contributed by atoms with Gasteiger partial charge in [-0.05, 0) is 19.4 Å². The van der Waals surface area contributed by atoms with Gasteiger partial charge < -0.3 is 5.32 Å². The van der Waals surface area contributed by atoms with Gasteiger partial charge in [0.25, 0.3) is 0 Å². The number of aryl methyl sites for hydroxylation is 2. The van der Waals surface area contributed by atoms with E-state index in [2.05, 4.69) is 15.5 Å². The zero-order chi connectivity index (χ0) is 20.4. The topological polar surface area (TPSA) is 90.0 Å². The summed E-state index contributed by atoms with van der Waals surface area (Å²) in [5.41, 5.74) is 4.60. The van der Waals surface area contributed by atoms with Crippen molar-refractivity contribution in [2.45, 2.75) is 20.4 Å². The van der Waals surface area contributed by atoms with Gasteiger partial charge in [0.05, 0.1) is 5.69 Å². The summed E-state index contributed by atoms with van der Waals surface area (Å²) in [5, 5.41) is 8.93. The number of thiazole rings is 1. The third-order valence-electron chi connectivity index (χ3n) is 4.47. The summed E-state index contributed by atoms with van der Waals surface area (Å²) >= 11 is 1.33. The normalized spacial score (nSPS) is 10.8. The van der Waals surface area contributed by atoms with Gasteiger partial charge in [0.1, 0.15) is 6.54 Å². The first-order valence-corrected chi connectivity index (χ1v) is 9.84. The molecule has 1 amide bonds. The molecule has 0 spiro atoms. The van der Waals surface area contributed by atoms with Crippen molar-refractivity contribution in [3.63, 3.8) is 0 Å². The van der Waals surface area contributed by atoms with Gasteiger partial charge in [-0.25, -0.2) is 14.3 Å². The molecule has 0 saturated carbocycles. The zero-order valence-electron chi connectivity index (χ0n) is 15.9. The fourth-order valence-electron chi connectivity index (χ4n) is 2.92. The maximum atomic E-state index is 12.5. The number of carbonyl (C=O) groups is 1. The summed E-state index contributed by atoms with van der Waals surface area (Å²) in [6, 6.07) is 15.5. The smallest absolute Gasteiger partial charge is 0.300 e. The molecule has 0 fully saturated rings. The molecule has 0 aliphatic rings. The van der Waals surface area contributed by atoms with E-state index in [-0.39, 0.29) is 12.5 Å². The van der Waals surface area contributed by atoms with Crippen LogP contribution in [0.1, 0.15) is 11.1 Å². The van der Waals surface area contributed by atoms with Crippen LogP contribution in [0.4, 0.5) is 5.13 Å². The molecule has 0 radical (unpaired) electrons. The molecule has 8 heteroatoms. The Bertz CT molecular complexity index is 1220. The molecule has 7 nitrogen and oxygen atoms in total. The Morgan fingerprint density at radius 2 is 1.90 bits per heavy atom. The number of aromatic nitrogens is 3. The highest BCUT2D eigenvalue weighted by Gasteiger charge is 2.18. The first kappa shape index (κ1) is 18.8. The van der Waals surface area contributed by atoms with Crippen LogP contribution in [0, 0.1) is 13.8 Å². The number of rotatable bonds is 5. The van der Waals surface area contributed by atoms with E-state index in [0.717, 1.165) is 22.4 Å². The Morgan fingerprint density at radius 3 is 2.66 bits per heavy atom. The summed E-state index contributed by atoms with van der Waals surface area (Å²) < 4.78 is 6.01. The van der Waals surface area contributed by atoms with E-state index in [0.29, 0.717) is 11.0 Å². The van der Waals surface area contributed by atoms with Crippen molar-refractivity contribution in [1.29, 1.82) is 0 Å². The largest absolute Gasteiger partial charge is 0.442 e. The number of amides is 1. The molecule has 2 heterocycles. The van der Waals surface area contributed by atoms with Crippen LogP contribution in [-0.4, -0.2) is 20.6 Å². The van der Waals surface area contributed by atoms with Gasteiger partial charge in [-0.1, -0.05) is 59.3 Å². The van der Waals surface area contributed by atoms with Gasteiger partial charge in [-0.15, -0.1) is 11.3 Å². The molecule has 0 aliphatic carbocycles. The lowest BCUT2D eigenvalue weighted by atomic mass is 10.1. The molecule has 146 valence electrons. The predicted octanol–water partition coefficient (Wildman–Crippen LogP) is 3.88. The Kier molecular flexibility index (Phi) is 5.09. The van der Waals surface area contributed by atoms with Crippen molar-refractivity contribution < 1.29 is 9.32 Å². The summed E-state index contributed by atoms with van der Waals surface area (Å²) in [5.74, 6) is -0.740. The minimum atomic E-state index is -0.683. The number of hydrogen-bond acceptors (Lipinski definition) is 6. The second kappa shape index (κ2) is 7.84. The van der Waals surface area contributed by atoms with E-state index in [1.807, 2.05) is 67.8 Å². The fourth-order valence-corrected chi connectivity index (χ4v) is 3.65. The molecule has 1 N–H and O–H groups in total. The number of benzene rings is 2. The quantitative estimate of drug-likeness (QED) is 0.543. The zero-order valence-corrected chi connectivity index (χ0v) is 16.7. The first-order chi connectivity index (χ1) is 14.0. The van der Waals surface area contributed by atoms with Gasteiger partial charge >= 0.3 is 5.76 Å². The lowest BCUT2D eigenvalue weighted by Crippen LogP contribution is -2.25. The number of anilines is 1. The second-order valence-corrected chi connectivity index (χ2v) is 7.48. The number of nitrogens with zero attached hydrogens (tertiary/aromatic N) is 3. The third kappa shape index (κ3) is 4.02. The summed E-state index contributed by atoms with van der Waals surface area (Å²) in [6.45, 7) is 3.71. The number of carbonyl (C=O) groups excluding carboxylic acids is 1. The molecule has 29 heavy (non-hydrogen) atoms. The molecule has 2 aromatic heterocycles. The van der Waals surface area contributed by atoms with Crippen LogP contribution in [0.15, 0.2) is 63.2 Å². The van der Waals surface area contributed by atoms with Gasteiger partial charge in [0.2, 0.25) is 5.91 Å². The maximum Gasteiger partial charge on any atom is 0.442 e. The second-order valence-electron chi connectivity index (χ2n) is 6.63. The van der Waals surface area contributed by atoms with Crippen molar-refractivity contribution in [2.75, 3.05) is 5.32 Å². The van der Waals surface area contributed by atoms with Crippen molar-refractivity contribution in [2.24, 2.45) is 0 Å². The van der Waals surface area contributed by atoms with Gasteiger partial charge in [0, 0.05) is 16.5 Å². The van der Waals surface area contributed by atoms with Crippen molar-refractivity contribution in [1.82, 2.24) is 14.7 Å². The molecular formula is C21H18N4O3S. The minimum absolute atomic E-state index is 0.217. The van der Waals surface area contributed by atoms with E-state index < -0.39 is 5.76 Å². The van der Waals surface area contributed by atoms with E-state index in [4.69, 9.17) is 4.52 Å². The lowest BCUT2D eigenvalue weighted by Gasteiger charge is -2.06. The van der Waals surface area contributed by atoms with Crippen LogP contribution in [0.25, 0.3) is 22.6 Å². The van der Waals surface area contributed by atoms with Gasteiger partial charge in [0.15, 0.2) is 11.0 Å². The molecule has 0 bridgehead atoms. The fraction of sp³-hybridized carbons (Fsp3) is 0.143. The third-order valence-corrected chi connectivity index (χ3v) is 5.23. The predicted molar refractivity (Wildman–Crippen MR) is 112 cm³/mol. The van der Waals surface area contributed by atoms with Crippen LogP contribution in [0.2, 0.25) is 0 Å². The van der Waals surface area contributed by atoms with Gasteiger partial charge in [-0.2, -0.15) is 0 Å². The average molecular weight is 406 g/mol. The summed E-state index contributed by atoms with van der Waals surface area (Å²) in [7, 11) is 0. The SMILES string of the molecule is Cc1ccc(-c2csc(NC(=O)Cn3c(-c4ccccc4C)noc3=O)n2)cc1. The van der Waals surface area contributed by atoms with Crippen LogP contribution in [-0.2, 0) is 11.3 Å². The lowest BCUT2D eigenvalue weighted by molar-refractivity contribution is -0.116. The van der Waals surface area contributed by atoms with Crippen molar-refractivity contribution >= 4 is 22.4 Å². The van der Waals surface area contributed by atoms with Crippen LogP contribution < -0.4 is 11.1 Å². The Morgan fingerprint density at radius 1 is 1.14 bits per heavy atom. The summed E-state index contributed by atoms with van der Waals surface area (Å²) in [6.07, 6.45) is 0. The number of nitrogens with one attached hydrogen (secondary N) is 1. The van der Waals surface area contributed by atoms with Crippen molar-refractivity contribution in [3.05, 3.63) is 75.6 Å².